The SMILES string of the molecule is CCOc1ccccc1CN1C(=O)c2cc3ccsc3n2C[C@]1(C)C(=O)NCc1ccc(F)cc1. The fourth-order valence-electron chi connectivity index (χ4n) is 4.58. The maximum atomic E-state index is 13.8. The summed E-state index contributed by atoms with van der Waals surface area (Å²) in [5, 5.41) is 5.95. The number of nitrogens with zero attached hydrogens (tertiary/aromatic N) is 2. The van der Waals surface area contributed by atoms with Crippen LogP contribution in [-0.2, 0) is 24.4 Å². The van der Waals surface area contributed by atoms with Crippen LogP contribution in [0, 0.1) is 5.82 Å². The zero-order valence-electron chi connectivity index (χ0n) is 19.6. The average Bonchev–Trinajstić information content (AvgIpc) is 3.45. The standard InChI is InChI=1S/C27H26FN3O3S/c1-3-34-23-7-5-4-6-20(23)16-31-24(32)22-14-19-12-13-35-25(19)30(22)17-27(31,2)26(33)29-15-18-8-10-21(28)11-9-18/h4-14H,3,15-17H2,1-2H3,(H,29,33)/t27-/m1/s1. The minimum Gasteiger partial charge on any atom is -0.494 e. The number of rotatable bonds is 7. The molecule has 1 atom stereocenters. The third kappa shape index (κ3) is 4.18. The maximum Gasteiger partial charge on any atom is 0.271 e. The predicted molar refractivity (Wildman–Crippen MR) is 134 cm³/mol. The lowest BCUT2D eigenvalue weighted by molar-refractivity contribution is -0.133. The van der Waals surface area contributed by atoms with Crippen molar-refractivity contribution in [2.24, 2.45) is 0 Å². The number of para-hydroxylation sites is 1. The minimum atomic E-state index is -1.15. The van der Waals surface area contributed by atoms with Crippen LogP contribution in [0.3, 0.4) is 0 Å². The van der Waals surface area contributed by atoms with E-state index in [9.17, 15) is 14.0 Å². The van der Waals surface area contributed by atoms with Gasteiger partial charge in [-0.25, -0.2) is 4.39 Å². The molecule has 1 N–H and O–H groups in total. The smallest absolute Gasteiger partial charge is 0.271 e. The van der Waals surface area contributed by atoms with Gasteiger partial charge >= 0.3 is 0 Å². The number of hydrogen-bond acceptors (Lipinski definition) is 4. The number of ether oxygens (including phenoxy) is 1. The van der Waals surface area contributed by atoms with E-state index in [1.54, 1.807) is 35.3 Å². The van der Waals surface area contributed by atoms with Crippen molar-refractivity contribution in [1.29, 1.82) is 0 Å². The van der Waals surface area contributed by atoms with Crippen molar-refractivity contribution in [2.75, 3.05) is 6.61 Å². The van der Waals surface area contributed by atoms with Gasteiger partial charge in [0, 0.05) is 17.5 Å². The summed E-state index contributed by atoms with van der Waals surface area (Å²) < 4.78 is 21.0. The monoisotopic (exact) mass is 491 g/mol. The Bertz CT molecular complexity index is 1390. The number of fused-ring (bicyclic) bond motifs is 3. The molecule has 4 aromatic rings. The van der Waals surface area contributed by atoms with Gasteiger partial charge in [-0.15, -0.1) is 11.3 Å². The van der Waals surface area contributed by atoms with Crippen molar-refractivity contribution in [1.82, 2.24) is 14.8 Å². The molecule has 1 aliphatic rings. The third-order valence-corrected chi connectivity index (χ3v) is 7.44. The molecule has 35 heavy (non-hydrogen) atoms. The first-order valence-electron chi connectivity index (χ1n) is 11.5. The zero-order valence-corrected chi connectivity index (χ0v) is 20.4. The lowest BCUT2D eigenvalue weighted by atomic mass is 9.93. The molecule has 8 heteroatoms. The second-order valence-electron chi connectivity index (χ2n) is 8.81. The van der Waals surface area contributed by atoms with Crippen LogP contribution in [0.25, 0.3) is 10.2 Å². The number of benzene rings is 2. The van der Waals surface area contributed by atoms with Crippen LogP contribution in [0.15, 0.2) is 66.0 Å². The molecular weight excluding hydrogens is 465 g/mol. The minimum absolute atomic E-state index is 0.203. The highest BCUT2D eigenvalue weighted by Gasteiger charge is 2.48. The Morgan fingerprint density at radius 1 is 1.17 bits per heavy atom. The predicted octanol–water partition coefficient (Wildman–Crippen LogP) is 4.97. The third-order valence-electron chi connectivity index (χ3n) is 6.48. The van der Waals surface area contributed by atoms with Gasteiger partial charge in [0.2, 0.25) is 5.91 Å². The van der Waals surface area contributed by atoms with E-state index in [4.69, 9.17) is 4.74 Å². The lowest BCUT2D eigenvalue weighted by Gasteiger charge is -2.44. The van der Waals surface area contributed by atoms with E-state index in [0.29, 0.717) is 24.6 Å². The summed E-state index contributed by atoms with van der Waals surface area (Å²) in [5.74, 6) is -0.110. The Kier molecular flexibility index (Phi) is 6.06. The summed E-state index contributed by atoms with van der Waals surface area (Å²) in [6.45, 7) is 5.00. The van der Waals surface area contributed by atoms with Gasteiger partial charge in [-0.05, 0) is 55.1 Å². The summed E-state index contributed by atoms with van der Waals surface area (Å²) in [6.07, 6.45) is 0. The van der Waals surface area contributed by atoms with Gasteiger partial charge in [0.25, 0.3) is 5.91 Å². The topological polar surface area (TPSA) is 63.6 Å². The molecule has 2 aromatic carbocycles. The Balaban J connectivity index is 1.51. The van der Waals surface area contributed by atoms with Gasteiger partial charge in [0.05, 0.1) is 19.7 Å². The van der Waals surface area contributed by atoms with Crippen LogP contribution in [0.2, 0.25) is 0 Å². The van der Waals surface area contributed by atoms with Gasteiger partial charge < -0.3 is 19.5 Å². The number of aromatic nitrogens is 1. The molecule has 0 saturated carbocycles. The molecule has 0 bridgehead atoms. The molecule has 180 valence electrons. The van der Waals surface area contributed by atoms with Crippen molar-refractivity contribution < 1.29 is 18.7 Å². The summed E-state index contributed by atoms with van der Waals surface area (Å²) >= 11 is 1.55. The Labute approximate surface area is 206 Å². The van der Waals surface area contributed by atoms with Crippen molar-refractivity contribution in [2.45, 2.75) is 39.0 Å². The summed E-state index contributed by atoms with van der Waals surface area (Å²) in [5.41, 5.74) is 1.03. The van der Waals surface area contributed by atoms with Gasteiger partial charge in [0.15, 0.2) is 0 Å². The van der Waals surface area contributed by atoms with Crippen LogP contribution in [0.1, 0.15) is 35.5 Å². The molecule has 0 radical (unpaired) electrons. The number of hydrogen-bond donors (Lipinski definition) is 1. The molecular formula is C27H26FN3O3S. The first-order chi connectivity index (χ1) is 16.9. The molecule has 5 rings (SSSR count). The fourth-order valence-corrected chi connectivity index (χ4v) is 5.48. The maximum absolute atomic E-state index is 13.8. The first-order valence-corrected chi connectivity index (χ1v) is 12.4. The van der Waals surface area contributed by atoms with Crippen molar-refractivity contribution >= 4 is 33.4 Å². The summed E-state index contributed by atoms with van der Waals surface area (Å²) in [6, 6.07) is 17.5. The van der Waals surface area contributed by atoms with Gasteiger partial charge in [-0.1, -0.05) is 30.3 Å². The number of carbonyl (C=O) groups excluding carboxylic acids is 2. The van der Waals surface area contributed by atoms with Gasteiger partial charge in [0.1, 0.15) is 27.6 Å². The highest BCUT2D eigenvalue weighted by atomic mass is 32.1. The second-order valence-corrected chi connectivity index (χ2v) is 9.71. The Hall–Kier alpha value is -3.65. The van der Waals surface area contributed by atoms with Crippen molar-refractivity contribution in [3.63, 3.8) is 0 Å². The lowest BCUT2D eigenvalue weighted by Crippen LogP contribution is -2.63. The number of nitrogens with one attached hydrogen (secondary N) is 1. The van der Waals surface area contributed by atoms with Crippen LogP contribution in [0.5, 0.6) is 5.75 Å². The highest BCUT2D eigenvalue weighted by Crippen LogP contribution is 2.36. The summed E-state index contributed by atoms with van der Waals surface area (Å²) in [4.78, 5) is 30.2. The zero-order chi connectivity index (χ0) is 24.6. The molecule has 0 fully saturated rings. The largest absolute Gasteiger partial charge is 0.494 e. The molecule has 3 heterocycles. The Morgan fingerprint density at radius 2 is 1.94 bits per heavy atom. The first kappa shape index (κ1) is 23.1. The quantitative estimate of drug-likeness (QED) is 0.397. The van der Waals surface area contributed by atoms with E-state index in [1.165, 1.54) is 12.1 Å². The molecule has 0 spiro atoms. The number of halogens is 1. The van der Waals surface area contributed by atoms with E-state index in [2.05, 4.69) is 5.32 Å². The molecule has 2 amide bonds. The van der Waals surface area contributed by atoms with Gasteiger partial charge in [-0.2, -0.15) is 0 Å². The fraction of sp³-hybridized carbons (Fsp3) is 0.259. The van der Waals surface area contributed by atoms with E-state index < -0.39 is 5.54 Å². The summed E-state index contributed by atoms with van der Waals surface area (Å²) in [7, 11) is 0. The van der Waals surface area contributed by atoms with E-state index >= 15 is 0 Å². The normalized spacial score (nSPS) is 17.5. The van der Waals surface area contributed by atoms with Crippen LogP contribution >= 0.6 is 11.3 Å². The van der Waals surface area contributed by atoms with Crippen LogP contribution in [-0.4, -0.2) is 33.4 Å². The molecule has 0 aliphatic carbocycles. The number of carbonyl (C=O) groups is 2. The van der Waals surface area contributed by atoms with Crippen LogP contribution < -0.4 is 10.1 Å². The molecule has 6 nitrogen and oxygen atoms in total. The Morgan fingerprint density at radius 3 is 2.71 bits per heavy atom. The molecule has 0 unspecified atom stereocenters. The van der Waals surface area contributed by atoms with Crippen molar-refractivity contribution in [3.05, 3.63) is 88.7 Å². The van der Waals surface area contributed by atoms with Gasteiger partial charge in [-0.3, -0.25) is 9.59 Å². The highest BCUT2D eigenvalue weighted by molar-refractivity contribution is 7.16. The second kappa shape index (κ2) is 9.19. The number of amides is 2. The molecule has 2 aromatic heterocycles. The van der Waals surface area contributed by atoms with Crippen LogP contribution in [0.4, 0.5) is 4.39 Å². The number of thiophene rings is 1. The van der Waals surface area contributed by atoms with E-state index in [-0.39, 0.29) is 30.7 Å². The molecule has 1 aliphatic heterocycles. The van der Waals surface area contributed by atoms with E-state index in [1.807, 2.05) is 53.3 Å². The molecule has 0 saturated heterocycles. The average molecular weight is 492 g/mol. The van der Waals surface area contributed by atoms with E-state index in [0.717, 1.165) is 21.3 Å². The van der Waals surface area contributed by atoms with Crippen molar-refractivity contribution in [3.8, 4) is 5.75 Å².